The Bertz CT molecular complexity index is 683. The number of likely N-dealkylation sites (tertiary alicyclic amines) is 1. The minimum absolute atomic E-state index is 0.00414. The fourth-order valence-corrected chi connectivity index (χ4v) is 3.38. The lowest BCUT2D eigenvalue weighted by Crippen LogP contribution is -2.58. The maximum atomic E-state index is 12.0. The smallest absolute Gasteiger partial charge is 0.317 e. The number of hydrogen-bond donors (Lipinski definition) is 1. The summed E-state index contributed by atoms with van der Waals surface area (Å²) in [5, 5.41) is 2.90. The fraction of sp³-hybridized carbons (Fsp3) is 0.350. The lowest BCUT2D eigenvalue weighted by molar-refractivity contribution is -0.0645. The summed E-state index contributed by atoms with van der Waals surface area (Å²) >= 11 is 6.96. The van der Waals surface area contributed by atoms with E-state index in [-0.39, 0.29) is 18.2 Å². The van der Waals surface area contributed by atoms with Gasteiger partial charge in [-0.15, -0.1) is 0 Å². The van der Waals surface area contributed by atoms with E-state index < -0.39 is 0 Å². The normalized spacial score (nSPS) is 14.4. The van der Waals surface area contributed by atoms with Crippen molar-refractivity contribution in [3.8, 4) is 0 Å². The summed E-state index contributed by atoms with van der Waals surface area (Å²) in [6, 6.07) is 16.4. The summed E-state index contributed by atoms with van der Waals surface area (Å²) in [5.74, 6) is 0. The first-order valence-corrected chi connectivity index (χ1v) is 10.3. The molecule has 1 N–H and O–H groups in total. The first-order valence-electron chi connectivity index (χ1n) is 8.76. The number of nitrogens with zero attached hydrogens (tertiary/aromatic N) is 1. The Morgan fingerprint density at radius 3 is 2.04 bits per heavy atom. The van der Waals surface area contributed by atoms with Gasteiger partial charge in [-0.05, 0) is 41.8 Å². The standard InChI is InChI=1S/C20H22Br2N2O2/c1-2-11-23-20(25)24-12-18(13-24)26-19(14-3-7-16(21)8-4-14)15-5-9-17(22)10-6-15/h3-10,18-19H,2,11-13H2,1H3,(H,23,25). The zero-order valence-corrected chi connectivity index (χ0v) is 17.8. The van der Waals surface area contributed by atoms with E-state index in [0.717, 1.165) is 26.5 Å². The fourth-order valence-electron chi connectivity index (χ4n) is 2.85. The molecular weight excluding hydrogens is 460 g/mol. The molecule has 0 spiro atoms. The highest BCUT2D eigenvalue weighted by molar-refractivity contribution is 9.10. The van der Waals surface area contributed by atoms with Gasteiger partial charge in [-0.1, -0.05) is 63.0 Å². The summed E-state index contributed by atoms with van der Waals surface area (Å²) in [4.78, 5) is 13.8. The van der Waals surface area contributed by atoms with E-state index in [1.54, 1.807) is 4.90 Å². The number of carbonyl (C=O) groups is 1. The largest absolute Gasteiger partial charge is 0.362 e. The Morgan fingerprint density at radius 1 is 1.08 bits per heavy atom. The van der Waals surface area contributed by atoms with E-state index in [0.29, 0.717) is 19.6 Å². The van der Waals surface area contributed by atoms with Crippen LogP contribution in [-0.2, 0) is 4.74 Å². The third-order valence-electron chi connectivity index (χ3n) is 4.34. The topological polar surface area (TPSA) is 41.6 Å². The van der Waals surface area contributed by atoms with Gasteiger partial charge in [0.1, 0.15) is 6.10 Å². The van der Waals surface area contributed by atoms with Crippen LogP contribution in [0.4, 0.5) is 4.79 Å². The molecule has 2 aromatic rings. The molecule has 0 bridgehead atoms. The number of nitrogens with one attached hydrogen (secondary N) is 1. The van der Waals surface area contributed by atoms with Gasteiger partial charge in [0.2, 0.25) is 0 Å². The maximum Gasteiger partial charge on any atom is 0.317 e. The zero-order valence-electron chi connectivity index (χ0n) is 14.6. The van der Waals surface area contributed by atoms with Crippen molar-refractivity contribution in [3.63, 3.8) is 0 Å². The number of urea groups is 1. The molecule has 1 aliphatic heterocycles. The molecule has 6 heteroatoms. The number of amides is 2. The van der Waals surface area contributed by atoms with Gasteiger partial charge in [0.25, 0.3) is 0 Å². The van der Waals surface area contributed by atoms with Crippen molar-refractivity contribution in [2.24, 2.45) is 0 Å². The van der Waals surface area contributed by atoms with Gasteiger partial charge in [0.05, 0.1) is 19.2 Å². The minimum atomic E-state index is -0.151. The van der Waals surface area contributed by atoms with Crippen molar-refractivity contribution in [2.45, 2.75) is 25.6 Å². The van der Waals surface area contributed by atoms with E-state index in [9.17, 15) is 4.79 Å². The van der Waals surface area contributed by atoms with Crippen LogP contribution in [0.3, 0.4) is 0 Å². The highest BCUT2D eigenvalue weighted by Gasteiger charge is 2.33. The molecule has 1 fully saturated rings. The molecule has 0 aliphatic carbocycles. The van der Waals surface area contributed by atoms with Crippen molar-refractivity contribution < 1.29 is 9.53 Å². The molecule has 138 valence electrons. The van der Waals surface area contributed by atoms with E-state index in [2.05, 4.69) is 61.4 Å². The molecule has 0 aromatic heterocycles. The minimum Gasteiger partial charge on any atom is -0.362 e. The first-order chi connectivity index (χ1) is 12.6. The van der Waals surface area contributed by atoms with Crippen LogP contribution in [-0.4, -0.2) is 36.7 Å². The quantitative estimate of drug-likeness (QED) is 0.621. The number of hydrogen-bond acceptors (Lipinski definition) is 2. The van der Waals surface area contributed by atoms with E-state index in [1.807, 2.05) is 31.2 Å². The Hall–Kier alpha value is -1.37. The van der Waals surface area contributed by atoms with Crippen LogP contribution < -0.4 is 5.32 Å². The van der Waals surface area contributed by atoms with Crippen molar-refractivity contribution in [1.82, 2.24) is 10.2 Å². The molecule has 1 heterocycles. The molecule has 4 nitrogen and oxygen atoms in total. The average Bonchev–Trinajstić information content (AvgIpc) is 2.61. The molecule has 1 saturated heterocycles. The lowest BCUT2D eigenvalue weighted by atomic mass is 10.0. The summed E-state index contributed by atoms with van der Waals surface area (Å²) < 4.78 is 8.45. The van der Waals surface area contributed by atoms with Crippen LogP contribution >= 0.6 is 31.9 Å². The van der Waals surface area contributed by atoms with E-state index in [4.69, 9.17) is 4.74 Å². The van der Waals surface area contributed by atoms with Crippen molar-refractivity contribution in [2.75, 3.05) is 19.6 Å². The van der Waals surface area contributed by atoms with Crippen LogP contribution in [0, 0.1) is 0 Å². The van der Waals surface area contributed by atoms with Crippen molar-refractivity contribution >= 4 is 37.9 Å². The Labute approximate surface area is 171 Å². The lowest BCUT2D eigenvalue weighted by Gasteiger charge is -2.40. The van der Waals surface area contributed by atoms with Gasteiger partial charge in [-0.25, -0.2) is 4.79 Å². The van der Waals surface area contributed by atoms with Gasteiger partial charge in [-0.2, -0.15) is 0 Å². The third kappa shape index (κ3) is 4.87. The van der Waals surface area contributed by atoms with Gasteiger partial charge in [-0.3, -0.25) is 0 Å². The Kier molecular flexibility index (Phi) is 6.73. The predicted octanol–water partition coefficient (Wildman–Crippen LogP) is 5.12. The van der Waals surface area contributed by atoms with Gasteiger partial charge >= 0.3 is 6.03 Å². The number of halogens is 2. The SMILES string of the molecule is CCCNC(=O)N1CC(OC(c2ccc(Br)cc2)c2ccc(Br)cc2)C1. The Balaban J connectivity index is 1.68. The van der Waals surface area contributed by atoms with Gasteiger partial charge in [0.15, 0.2) is 0 Å². The predicted molar refractivity (Wildman–Crippen MR) is 110 cm³/mol. The average molecular weight is 482 g/mol. The number of carbonyl (C=O) groups excluding carboxylic acids is 1. The van der Waals surface area contributed by atoms with E-state index >= 15 is 0 Å². The van der Waals surface area contributed by atoms with Crippen LogP contribution in [0.2, 0.25) is 0 Å². The molecule has 0 atom stereocenters. The molecule has 0 saturated carbocycles. The molecular formula is C20H22Br2N2O2. The van der Waals surface area contributed by atoms with E-state index in [1.165, 1.54) is 0 Å². The zero-order chi connectivity index (χ0) is 18.5. The van der Waals surface area contributed by atoms with Gasteiger partial charge < -0.3 is 15.0 Å². The second-order valence-corrected chi connectivity index (χ2v) is 8.21. The number of benzene rings is 2. The van der Waals surface area contributed by atoms with Gasteiger partial charge in [0, 0.05) is 15.5 Å². The molecule has 0 radical (unpaired) electrons. The molecule has 2 amide bonds. The van der Waals surface area contributed by atoms with Crippen LogP contribution in [0.15, 0.2) is 57.5 Å². The summed E-state index contributed by atoms with van der Waals surface area (Å²) in [7, 11) is 0. The summed E-state index contributed by atoms with van der Waals surface area (Å²) in [6.45, 7) is 4.00. The number of ether oxygens (including phenoxy) is 1. The summed E-state index contributed by atoms with van der Waals surface area (Å²) in [5.41, 5.74) is 2.20. The van der Waals surface area contributed by atoms with Crippen LogP contribution in [0.25, 0.3) is 0 Å². The molecule has 26 heavy (non-hydrogen) atoms. The molecule has 0 unspecified atom stereocenters. The number of rotatable bonds is 6. The van der Waals surface area contributed by atoms with Crippen molar-refractivity contribution in [1.29, 1.82) is 0 Å². The summed E-state index contributed by atoms with van der Waals surface area (Å²) in [6.07, 6.45) is 0.830. The Morgan fingerprint density at radius 2 is 1.58 bits per heavy atom. The first kappa shape index (κ1) is 19.4. The highest BCUT2D eigenvalue weighted by Crippen LogP contribution is 2.31. The molecule has 3 rings (SSSR count). The molecule has 2 aromatic carbocycles. The maximum absolute atomic E-state index is 12.0. The van der Waals surface area contributed by atoms with Crippen molar-refractivity contribution in [3.05, 3.63) is 68.6 Å². The van der Waals surface area contributed by atoms with Crippen LogP contribution in [0.1, 0.15) is 30.6 Å². The third-order valence-corrected chi connectivity index (χ3v) is 5.39. The highest BCUT2D eigenvalue weighted by atomic mass is 79.9. The molecule has 1 aliphatic rings. The monoisotopic (exact) mass is 480 g/mol. The van der Waals surface area contributed by atoms with Crippen LogP contribution in [0.5, 0.6) is 0 Å². The second-order valence-electron chi connectivity index (χ2n) is 6.38. The second kappa shape index (κ2) is 9.02.